The molecule has 0 aliphatic heterocycles. The van der Waals surface area contributed by atoms with E-state index in [1.807, 2.05) is 51.1 Å². The molecule has 0 aliphatic rings. The molecule has 5 aromatic carbocycles. The first-order valence-electron chi connectivity index (χ1n) is 25.8. The van der Waals surface area contributed by atoms with E-state index in [9.17, 15) is 0 Å². The smallest absolute Gasteiger partial charge is 0.123 e. The second-order valence-electron chi connectivity index (χ2n) is 13.7. The van der Waals surface area contributed by atoms with Crippen LogP contribution in [0.3, 0.4) is 0 Å². The van der Waals surface area contributed by atoms with Crippen molar-refractivity contribution in [1.82, 2.24) is 9.97 Å². The summed E-state index contributed by atoms with van der Waals surface area (Å²) in [7, 11) is 0. The van der Waals surface area contributed by atoms with Crippen LogP contribution >= 0.6 is 0 Å². The number of fused-ring (bicyclic) bond motifs is 3. The minimum Gasteiger partial charge on any atom is -0.500 e. The van der Waals surface area contributed by atoms with Crippen molar-refractivity contribution in [2.24, 2.45) is 0 Å². The van der Waals surface area contributed by atoms with Crippen LogP contribution in [0.25, 0.3) is 66.7 Å². The minimum absolute atomic E-state index is 0. The first-order valence-corrected chi connectivity index (χ1v) is 16.8. The van der Waals surface area contributed by atoms with E-state index >= 15 is 0 Å². The van der Waals surface area contributed by atoms with Crippen LogP contribution in [0.5, 0.6) is 0 Å². The zero-order valence-corrected chi connectivity index (χ0v) is 32.0. The zero-order valence-electron chi connectivity index (χ0n) is 47.6. The molecule has 4 heteroatoms. The molecular formula is C50H46IrN2O-2. The molecule has 8 aromatic rings. The largest absolute Gasteiger partial charge is 0.500 e. The van der Waals surface area contributed by atoms with E-state index in [0.29, 0.717) is 22.2 Å². The van der Waals surface area contributed by atoms with Crippen LogP contribution in [0.4, 0.5) is 0 Å². The molecule has 3 nitrogen and oxygen atoms in total. The summed E-state index contributed by atoms with van der Waals surface area (Å²) in [6, 6.07) is 33.7. The summed E-state index contributed by atoms with van der Waals surface area (Å²) in [6.45, 7) is -9.09. The van der Waals surface area contributed by atoms with Crippen LogP contribution in [0.15, 0.2) is 120 Å². The number of pyridine rings is 2. The summed E-state index contributed by atoms with van der Waals surface area (Å²) in [5.74, 6) is 0. The normalized spacial score (nSPS) is 17.6. The van der Waals surface area contributed by atoms with Gasteiger partial charge in [0.15, 0.2) is 0 Å². The van der Waals surface area contributed by atoms with E-state index in [2.05, 4.69) is 22.1 Å². The third-order valence-corrected chi connectivity index (χ3v) is 8.94. The molecule has 3 aromatic heterocycles. The molecule has 0 saturated carbocycles. The maximum Gasteiger partial charge on any atom is 0.123 e. The molecule has 1 radical (unpaired) electrons. The molecule has 0 atom stereocenters. The van der Waals surface area contributed by atoms with Crippen LogP contribution in [-0.2, 0) is 25.5 Å². The van der Waals surface area contributed by atoms with Gasteiger partial charge in [0.1, 0.15) is 5.58 Å². The molecule has 0 saturated heterocycles. The first kappa shape index (κ1) is 21.7. The second kappa shape index (κ2) is 15.7. The molecule has 0 spiro atoms. The summed E-state index contributed by atoms with van der Waals surface area (Å²) >= 11 is 0. The van der Waals surface area contributed by atoms with E-state index in [1.165, 1.54) is 36.7 Å². The van der Waals surface area contributed by atoms with Gasteiger partial charge in [0.2, 0.25) is 0 Å². The molecule has 0 bridgehead atoms. The summed E-state index contributed by atoms with van der Waals surface area (Å²) < 4.78 is 149. The molecule has 8 rings (SSSR count). The summed E-state index contributed by atoms with van der Waals surface area (Å²) in [5.41, 5.74) is 3.66. The molecular weight excluding hydrogens is 837 g/mol. The van der Waals surface area contributed by atoms with Crippen molar-refractivity contribution >= 4 is 21.9 Å². The fourth-order valence-electron chi connectivity index (χ4n) is 6.14. The Morgan fingerprint density at radius 2 is 1.39 bits per heavy atom. The fraction of sp³-hybridized carbons (Fsp3) is 0.200. The number of furan rings is 1. The monoisotopic (exact) mass is 901 g/mol. The third kappa shape index (κ3) is 7.87. The number of aryl methyl sites for hydroxylation is 6. The second-order valence-corrected chi connectivity index (χ2v) is 13.7. The molecule has 0 aliphatic carbocycles. The number of hydrogen-bond acceptors (Lipinski definition) is 3. The van der Waals surface area contributed by atoms with E-state index in [0.717, 1.165) is 17.2 Å². The van der Waals surface area contributed by atoms with E-state index in [1.54, 1.807) is 42.5 Å². The Morgan fingerprint density at radius 3 is 2.11 bits per heavy atom. The van der Waals surface area contributed by atoms with Gasteiger partial charge >= 0.3 is 0 Å². The van der Waals surface area contributed by atoms with Gasteiger partial charge in [-0.3, -0.25) is 0 Å². The topological polar surface area (TPSA) is 38.9 Å². The molecule has 273 valence electrons. The average Bonchev–Trinajstić information content (AvgIpc) is 3.65. The Kier molecular flexibility index (Phi) is 6.29. The fourth-order valence-corrected chi connectivity index (χ4v) is 6.14. The number of rotatable bonds is 4. The van der Waals surface area contributed by atoms with Crippen LogP contribution in [0.2, 0.25) is 0 Å². The van der Waals surface area contributed by atoms with Gasteiger partial charge in [-0.25, -0.2) is 0 Å². The number of nitrogens with zero attached hydrogens (tertiary/aromatic N) is 2. The third-order valence-electron chi connectivity index (χ3n) is 8.94. The molecule has 0 N–H and O–H groups in total. The van der Waals surface area contributed by atoms with Gasteiger partial charge in [0.05, 0.1) is 5.58 Å². The molecule has 0 fully saturated rings. The van der Waals surface area contributed by atoms with Crippen molar-refractivity contribution in [2.75, 3.05) is 0 Å². The maximum absolute atomic E-state index is 8.28. The van der Waals surface area contributed by atoms with Crippen LogP contribution in [-0.4, -0.2) is 9.97 Å². The van der Waals surface area contributed by atoms with Crippen LogP contribution < -0.4 is 0 Å². The quantitative estimate of drug-likeness (QED) is 0.165. The summed E-state index contributed by atoms with van der Waals surface area (Å²) in [5, 5.41) is 0.693. The van der Waals surface area contributed by atoms with Crippen molar-refractivity contribution in [3.63, 3.8) is 0 Å². The van der Waals surface area contributed by atoms with Crippen LogP contribution in [0.1, 0.15) is 84.4 Å². The number of hydrogen-bond donors (Lipinski definition) is 0. The van der Waals surface area contributed by atoms with Crippen molar-refractivity contribution < 1.29 is 49.2 Å². The van der Waals surface area contributed by atoms with Crippen molar-refractivity contribution in [2.45, 2.75) is 67.3 Å². The van der Waals surface area contributed by atoms with E-state index < -0.39 is 41.1 Å². The van der Waals surface area contributed by atoms with Gasteiger partial charge in [-0.15, -0.1) is 47.5 Å². The van der Waals surface area contributed by atoms with Gasteiger partial charge < -0.3 is 14.4 Å². The van der Waals surface area contributed by atoms with Crippen molar-refractivity contribution in [3.05, 3.63) is 167 Å². The van der Waals surface area contributed by atoms with Crippen molar-refractivity contribution in [1.29, 1.82) is 0 Å². The summed E-state index contributed by atoms with van der Waals surface area (Å²) in [6.07, 6.45) is 2.49. The summed E-state index contributed by atoms with van der Waals surface area (Å²) in [4.78, 5) is 8.62. The first-order chi connectivity index (χ1) is 32.6. The Morgan fingerprint density at radius 1 is 0.593 bits per heavy atom. The molecule has 54 heavy (non-hydrogen) atoms. The molecule has 0 amide bonds. The number of aromatic nitrogens is 2. The van der Waals surface area contributed by atoms with Gasteiger partial charge in [0.25, 0.3) is 0 Å². The predicted molar refractivity (Wildman–Crippen MR) is 222 cm³/mol. The minimum atomic E-state index is -2.69. The predicted octanol–water partition coefficient (Wildman–Crippen LogP) is 13.5. The standard InChI is InChI=1S/C31H30NO.C19H16N.Ir/c1-18-13-20(3)29-27(14-18)24-9-8-10-25(30(24)33-29)28-16-26(21(4)17-32-28)23-12-11-22(15-19(23)2)31(5,6)7;1-14-8-11-19(20-13-14)17-10-9-15(2)18(12-17)16-6-4-3-5-7-16;/h8-9,11-17H,1-7H3;3-9,11-13H,1-2H3;/q2*-1;/i1D3,2D3,3D3,4D3;1D3,2D3;. The Balaban J connectivity index is 0.000000267. The van der Waals surface area contributed by atoms with Gasteiger partial charge in [-0.1, -0.05) is 122 Å². The molecule has 3 heterocycles. The van der Waals surface area contributed by atoms with Crippen LogP contribution in [0, 0.1) is 53.2 Å². The van der Waals surface area contributed by atoms with Crippen molar-refractivity contribution in [3.8, 4) is 44.8 Å². The van der Waals surface area contributed by atoms with E-state index in [4.69, 9.17) is 29.1 Å². The Bertz CT molecular complexity index is 3250. The number of benzene rings is 5. The average molecular weight is 901 g/mol. The van der Waals surface area contributed by atoms with Gasteiger partial charge in [-0.05, 0) is 102 Å². The van der Waals surface area contributed by atoms with Gasteiger partial charge in [-0.2, -0.15) is 0 Å². The van der Waals surface area contributed by atoms with Gasteiger partial charge in [0, 0.05) is 62.6 Å². The van der Waals surface area contributed by atoms with E-state index in [-0.39, 0.29) is 97.8 Å². The molecule has 0 unspecified atom stereocenters. The maximum atomic E-state index is 8.28. The SMILES string of the molecule is [2H]C([2H])([2H])c1cc(C([2H])([2H])[2H])c2oc3c(-c4cc(-c5ccc(C(C)(C)C)cc5C([2H])([2H])[2H])c(C([2H])([2H])[2H])cn4)[c-]ccc3c2c1.[2H]C([2H])([2H])c1ccc(-c2[c-]cc(C([2H])([2H])[2H])c(-c3ccccc3)c2)nc1.[Ir]. The Labute approximate surface area is 359 Å². The zero-order chi connectivity index (χ0) is 52.4. The Hall–Kier alpha value is -5.15.